The van der Waals surface area contributed by atoms with E-state index >= 15 is 0 Å². The van der Waals surface area contributed by atoms with Crippen molar-refractivity contribution >= 4 is 40.9 Å². The molecule has 30 heavy (non-hydrogen) atoms. The van der Waals surface area contributed by atoms with Gasteiger partial charge >= 0.3 is 0 Å². The maximum Gasteiger partial charge on any atom is 0.261 e. The van der Waals surface area contributed by atoms with E-state index in [4.69, 9.17) is 23.2 Å². The number of hydrogen-bond acceptors (Lipinski definition) is 4. The summed E-state index contributed by atoms with van der Waals surface area (Å²) in [7, 11) is 5.39. The molecule has 2 aromatic rings. The van der Waals surface area contributed by atoms with Gasteiger partial charge in [0.2, 0.25) is 0 Å². The molecule has 0 atom stereocenters. The second kappa shape index (κ2) is 9.16. The van der Waals surface area contributed by atoms with Crippen LogP contribution in [0.4, 0.5) is 0 Å². The Bertz CT molecular complexity index is 1010. The maximum absolute atomic E-state index is 13.3. The summed E-state index contributed by atoms with van der Waals surface area (Å²) in [5.74, 6) is -0.960. The summed E-state index contributed by atoms with van der Waals surface area (Å²) < 4.78 is 0. The first-order valence-electron chi connectivity index (χ1n) is 9.53. The molecule has 158 valence electrons. The van der Waals surface area contributed by atoms with Gasteiger partial charge in [0.25, 0.3) is 17.7 Å². The van der Waals surface area contributed by atoms with Crippen LogP contribution in [-0.2, 0) is 6.54 Å². The van der Waals surface area contributed by atoms with Gasteiger partial charge in [0.15, 0.2) is 0 Å². The van der Waals surface area contributed by atoms with E-state index in [-0.39, 0.29) is 17.4 Å². The quantitative estimate of drug-likeness (QED) is 0.605. The van der Waals surface area contributed by atoms with E-state index in [1.54, 1.807) is 29.2 Å². The maximum atomic E-state index is 13.3. The van der Waals surface area contributed by atoms with Crippen LogP contribution in [0.25, 0.3) is 0 Å². The fourth-order valence-corrected chi connectivity index (χ4v) is 3.69. The summed E-state index contributed by atoms with van der Waals surface area (Å²) in [5.41, 5.74) is 1.81. The first-order valence-corrected chi connectivity index (χ1v) is 10.3. The molecular weight excluding hydrogens is 425 g/mol. The second-order valence-corrected chi connectivity index (χ2v) is 8.38. The average molecular weight is 448 g/mol. The van der Waals surface area contributed by atoms with Gasteiger partial charge in [0.05, 0.1) is 21.2 Å². The van der Waals surface area contributed by atoms with Crippen LogP contribution < -0.4 is 0 Å². The van der Waals surface area contributed by atoms with Crippen molar-refractivity contribution < 1.29 is 14.4 Å². The smallest absolute Gasteiger partial charge is 0.261 e. The highest BCUT2D eigenvalue weighted by Gasteiger charge is 2.33. The molecule has 0 saturated heterocycles. The molecule has 1 heterocycles. The molecule has 1 aliphatic rings. The molecule has 0 spiro atoms. The summed E-state index contributed by atoms with van der Waals surface area (Å²) >= 11 is 12.1. The van der Waals surface area contributed by atoms with Crippen LogP contribution in [0, 0.1) is 0 Å². The van der Waals surface area contributed by atoms with Crippen molar-refractivity contribution in [2.45, 2.75) is 13.0 Å². The monoisotopic (exact) mass is 447 g/mol. The molecule has 0 fully saturated rings. The van der Waals surface area contributed by atoms with Crippen molar-refractivity contribution in [2.75, 3.05) is 34.2 Å². The zero-order chi connectivity index (χ0) is 22.0. The Morgan fingerprint density at radius 2 is 1.63 bits per heavy atom. The first kappa shape index (κ1) is 22.3. The van der Waals surface area contributed by atoms with Gasteiger partial charge in [-0.3, -0.25) is 19.3 Å². The Labute approximate surface area is 186 Å². The molecule has 8 heteroatoms. The molecule has 2 aromatic carbocycles. The average Bonchev–Trinajstić information content (AvgIpc) is 2.93. The number of fused-ring (bicyclic) bond motifs is 1. The normalized spacial score (nSPS) is 13.2. The van der Waals surface area contributed by atoms with Crippen LogP contribution in [0.2, 0.25) is 10.0 Å². The van der Waals surface area contributed by atoms with Crippen LogP contribution in [-0.4, -0.2) is 66.7 Å². The predicted molar refractivity (Wildman–Crippen MR) is 117 cm³/mol. The second-order valence-electron chi connectivity index (χ2n) is 7.56. The highest BCUT2D eigenvalue weighted by atomic mass is 35.5. The lowest BCUT2D eigenvalue weighted by Crippen LogP contribution is -2.33. The van der Waals surface area contributed by atoms with Crippen molar-refractivity contribution in [2.24, 2.45) is 0 Å². The topological polar surface area (TPSA) is 60.9 Å². The van der Waals surface area contributed by atoms with E-state index in [1.165, 1.54) is 13.1 Å². The Hall–Kier alpha value is -2.41. The molecular formula is C22H23Cl2N3O3. The molecule has 1 aliphatic heterocycles. The van der Waals surface area contributed by atoms with E-state index in [2.05, 4.69) is 4.90 Å². The third-order valence-corrected chi connectivity index (χ3v) is 5.75. The number of imide groups is 1. The number of hydrogen-bond donors (Lipinski definition) is 0. The van der Waals surface area contributed by atoms with Crippen molar-refractivity contribution in [3.63, 3.8) is 0 Å². The van der Waals surface area contributed by atoms with Crippen LogP contribution in [0.1, 0.15) is 43.1 Å². The number of nitrogens with zero attached hydrogens (tertiary/aromatic N) is 3. The number of benzene rings is 2. The molecule has 3 rings (SSSR count). The molecule has 0 aromatic heterocycles. The molecule has 0 saturated carbocycles. The Kier molecular flexibility index (Phi) is 6.81. The van der Waals surface area contributed by atoms with Crippen molar-refractivity contribution in [1.82, 2.24) is 14.7 Å². The van der Waals surface area contributed by atoms with Gasteiger partial charge in [-0.2, -0.15) is 0 Å². The number of rotatable bonds is 7. The third-order valence-electron chi connectivity index (χ3n) is 5.01. The number of carbonyl (C=O) groups is 3. The van der Waals surface area contributed by atoms with E-state index in [9.17, 15) is 14.4 Å². The van der Waals surface area contributed by atoms with Crippen LogP contribution >= 0.6 is 23.2 Å². The molecule has 0 unspecified atom stereocenters. The number of amides is 3. The lowest BCUT2D eigenvalue weighted by atomic mass is 10.0. The fraction of sp³-hybridized carbons (Fsp3) is 0.318. The number of halogens is 2. The van der Waals surface area contributed by atoms with Crippen molar-refractivity contribution in [3.05, 3.63) is 68.7 Å². The summed E-state index contributed by atoms with van der Waals surface area (Å²) in [4.78, 5) is 42.5. The SMILES string of the molecule is CN(C)CCCN(Cc1ccc(Cl)c(Cl)c1)C(=O)c1ccc2c(c1)C(=O)N(C)C2=O. The first-order chi connectivity index (χ1) is 14.2. The third kappa shape index (κ3) is 4.67. The minimum Gasteiger partial charge on any atom is -0.334 e. The van der Waals surface area contributed by atoms with Gasteiger partial charge < -0.3 is 9.80 Å². The zero-order valence-corrected chi connectivity index (χ0v) is 18.6. The molecule has 3 amide bonds. The van der Waals surface area contributed by atoms with Gasteiger partial charge in [-0.15, -0.1) is 0 Å². The molecule has 6 nitrogen and oxygen atoms in total. The summed E-state index contributed by atoms with van der Waals surface area (Å²) in [6.45, 7) is 1.71. The van der Waals surface area contributed by atoms with Crippen LogP contribution in [0.15, 0.2) is 36.4 Å². The lowest BCUT2D eigenvalue weighted by molar-refractivity contribution is 0.0692. The van der Waals surface area contributed by atoms with Crippen molar-refractivity contribution in [1.29, 1.82) is 0 Å². The Morgan fingerprint density at radius 3 is 2.30 bits per heavy atom. The van der Waals surface area contributed by atoms with Crippen LogP contribution in [0.3, 0.4) is 0 Å². The molecule has 0 aliphatic carbocycles. The zero-order valence-electron chi connectivity index (χ0n) is 17.1. The molecule has 0 radical (unpaired) electrons. The van der Waals surface area contributed by atoms with Gasteiger partial charge in [0.1, 0.15) is 0 Å². The molecule has 0 N–H and O–H groups in total. The molecule has 0 bridgehead atoms. The van der Waals surface area contributed by atoms with Gasteiger partial charge in [-0.25, -0.2) is 0 Å². The van der Waals surface area contributed by atoms with Gasteiger partial charge in [-0.05, 0) is 63.0 Å². The highest BCUT2D eigenvalue weighted by molar-refractivity contribution is 6.42. The van der Waals surface area contributed by atoms with E-state index < -0.39 is 5.91 Å². The number of carbonyl (C=O) groups excluding carboxylic acids is 3. The minimum absolute atomic E-state index is 0.211. The van der Waals surface area contributed by atoms with Gasteiger partial charge in [-0.1, -0.05) is 29.3 Å². The Morgan fingerprint density at radius 1 is 0.933 bits per heavy atom. The Balaban J connectivity index is 1.87. The van der Waals surface area contributed by atoms with E-state index in [1.807, 2.05) is 20.2 Å². The predicted octanol–water partition coefficient (Wildman–Crippen LogP) is 3.81. The largest absolute Gasteiger partial charge is 0.334 e. The van der Waals surface area contributed by atoms with Crippen LogP contribution in [0.5, 0.6) is 0 Å². The summed E-state index contributed by atoms with van der Waals surface area (Å²) in [6.07, 6.45) is 0.783. The van der Waals surface area contributed by atoms with Gasteiger partial charge in [0, 0.05) is 25.7 Å². The van der Waals surface area contributed by atoms with E-state index in [0.717, 1.165) is 23.4 Å². The minimum atomic E-state index is -0.395. The highest BCUT2D eigenvalue weighted by Crippen LogP contribution is 2.25. The standard InChI is InChI=1S/C22H23Cl2N3O3/c1-25(2)9-4-10-27(13-14-5-8-18(23)19(24)11-14)20(28)15-6-7-16-17(12-15)22(30)26(3)21(16)29/h5-8,11-12H,4,9-10,13H2,1-3H3. The summed E-state index contributed by atoms with van der Waals surface area (Å²) in [6, 6.07) is 9.94. The van der Waals surface area contributed by atoms with Crippen molar-refractivity contribution in [3.8, 4) is 0 Å². The summed E-state index contributed by atoms with van der Waals surface area (Å²) in [5, 5.41) is 0.886. The van der Waals surface area contributed by atoms with E-state index in [0.29, 0.717) is 34.3 Å². The fourth-order valence-electron chi connectivity index (χ4n) is 3.37. The lowest BCUT2D eigenvalue weighted by Gasteiger charge is -2.24.